The van der Waals surface area contributed by atoms with Crippen LogP contribution in [0.15, 0.2) is 18.0 Å². The standard InChI is InChI=1S/C14H15N5S/c1-8-5-20-14-12(8)13(17-7-18-14)19-9-2-3-10-11(4-9)16-6-15-10/h5-7,9H,2-4H2,1H3,(H,15,16)(H,17,18,19). The van der Waals surface area contributed by atoms with E-state index in [0.29, 0.717) is 6.04 Å². The first-order valence-corrected chi connectivity index (χ1v) is 7.65. The van der Waals surface area contributed by atoms with Gasteiger partial charge < -0.3 is 10.3 Å². The average Bonchev–Trinajstić information content (AvgIpc) is 3.06. The molecule has 0 fully saturated rings. The molecule has 102 valence electrons. The zero-order valence-corrected chi connectivity index (χ0v) is 12.0. The number of imidazole rings is 1. The zero-order valence-electron chi connectivity index (χ0n) is 11.2. The fraction of sp³-hybridized carbons (Fsp3) is 0.357. The summed E-state index contributed by atoms with van der Waals surface area (Å²) in [5.74, 6) is 0.960. The van der Waals surface area contributed by atoms with Crippen LogP contribution in [0.25, 0.3) is 10.2 Å². The predicted molar refractivity (Wildman–Crippen MR) is 80.2 cm³/mol. The Morgan fingerprint density at radius 2 is 2.30 bits per heavy atom. The lowest BCUT2D eigenvalue weighted by Crippen LogP contribution is -2.28. The minimum Gasteiger partial charge on any atom is -0.366 e. The maximum absolute atomic E-state index is 4.44. The molecule has 3 heterocycles. The van der Waals surface area contributed by atoms with E-state index in [1.165, 1.54) is 17.0 Å². The highest BCUT2D eigenvalue weighted by Gasteiger charge is 2.21. The van der Waals surface area contributed by atoms with Gasteiger partial charge in [-0.2, -0.15) is 0 Å². The molecule has 0 saturated heterocycles. The summed E-state index contributed by atoms with van der Waals surface area (Å²) in [4.78, 5) is 17.4. The summed E-state index contributed by atoms with van der Waals surface area (Å²) in [5.41, 5.74) is 3.70. The zero-order chi connectivity index (χ0) is 13.5. The van der Waals surface area contributed by atoms with Crippen LogP contribution >= 0.6 is 11.3 Å². The molecule has 1 unspecified atom stereocenters. The largest absolute Gasteiger partial charge is 0.366 e. The van der Waals surface area contributed by atoms with E-state index < -0.39 is 0 Å². The SMILES string of the molecule is Cc1csc2ncnc(NC3CCc4nc[nH]c4C3)c12. The van der Waals surface area contributed by atoms with Gasteiger partial charge >= 0.3 is 0 Å². The van der Waals surface area contributed by atoms with Crippen molar-refractivity contribution in [3.63, 3.8) is 0 Å². The second-order valence-electron chi connectivity index (χ2n) is 5.23. The van der Waals surface area contributed by atoms with Gasteiger partial charge in [0, 0.05) is 18.2 Å². The van der Waals surface area contributed by atoms with Gasteiger partial charge in [0.25, 0.3) is 0 Å². The van der Waals surface area contributed by atoms with E-state index in [1.807, 2.05) is 0 Å². The molecule has 0 radical (unpaired) electrons. The number of aromatic amines is 1. The number of thiophene rings is 1. The molecular weight excluding hydrogens is 270 g/mol. The Morgan fingerprint density at radius 3 is 3.25 bits per heavy atom. The van der Waals surface area contributed by atoms with Gasteiger partial charge in [0.05, 0.1) is 17.4 Å². The number of fused-ring (bicyclic) bond motifs is 2. The summed E-state index contributed by atoms with van der Waals surface area (Å²) in [6.07, 6.45) is 6.52. The minimum absolute atomic E-state index is 0.403. The fourth-order valence-corrected chi connectivity index (χ4v) is 3.73. The van der Waals surface area contributed by atoms with Crippen LogP contribution in [0.5, 0.6) is 0 Å². The van der Waals surface area contributed by atoms with Gasteiger partial charge in [0.1, 0.15) is 17.0 Å². The summed E-state index contributed by atoms with van der Waals surface area (Å²) >= 11 is 1.67. The Kier molecular flexibility index (Phi) is 2.70. The number of aryl methyl sites for hydroxylation is 2. The first-order chi connectivity index (χ1) is 9.81. The molecule has 3 aromatic rings. The lowest BCUT2D eigenvalue weighted by molar-refractivity contribution is 0.596. The summed E-state index contributed by atoms with van der Waals surface area (Å²) < 4.78 is 0. The van der Waals surface area contributed by atoms with Crippen molar-refractivity contribution in [2.24, 2.45) is 0 Å². The van der Waals surface area contributed by atoms with Crippen LogP contribution in [0.2, 0.25) is 0 Å². The Labute approximate surface area is 120 Å². The molecule has 0 aliphatic heterocycles. The number of nitrogens with zero attached hydrogens (tertiary/aromatic N) is 3. The molecule has 0 saturated carbocycles. The Bertz CT molecular complexity index is 760. The molecule has 5 nitrogen and oxygen atoms in total. The molecule has 6 heteroatoms. The molecule has 4 rings (SSSR count). The topological polar surface area (TPSA) is 66.5 Å². The van der Waals surface area contributed by atoms with Gasteiger partial charge in [0.2, 0.25) is 0 Å². The van der Waals surface area contributed by atoms with Crippen LogP contribution in [0, 0.1) is 6.92 Å². The van der Waals surface area contributed by atoms with E-state index in [-0.39, 0.29) is 0 Å². The van der Waals surface area contributed by atoms with Crippen LogP contribution < -0.4 is 5.32 Å². The highest BCUT2D eigenvalue weighted by Crippen LogP contribution is 2.30. The van der Waals surface area contributed by atoms with Crippen molar-refractivity contribution < 1.29 is 0 Å². The van der Waals surface area contributed by atoms with Crippen molar-refractivity contribution in [1.82, 2.24) is 19.9 Å². The Morgan fingerprint density at radius 1 is 1.35 bits per heavy atom. The van der Waals surface area contributed by atoms with E-state index in [4.69, 9.17) is 0 Å². The van der Waals surface area contributed by atoms with Crippen LogP contribution in [-0.2, 0) is 12.8 Å². The van der Waals surface area contributed by atoms with Crippen molar-refractivity contribution >= 4 is 27.4 Å². The van der Waals surface area contributed by atoms with Crippen molar-refractivity contribution in [2.75, 3.05) is 5.32 Å². The summed E-state index contributed by atoms with van der Waals surface area (Å²) in [5, 5.41) is 6.89. The Hall–Kier alpha value is -1.95. The van der Waals surface area contributed by atoms with Crippen LogP contribution in [0.1, 0.15) is 23.4 Å². The maximum atomic E-state index is 4.44. The number of anilines is 1. The molecule has 1 atom stereocenters. The summed E-state index contributed by atoms with van der Waals surface area (Å²) in [6, 6.07) is 0.403. The lowest BCUT2D eigenvalue weighted by atomic mass is 9.96. The van der Waals surface area contributed by atoms with Gasteiger partial charge in [0.15, 0.2) is 0 Å². The number of hydrogen-bond donors (Lipinski definition) is 2. The molecule has 20 heavy (non-hydrogen) atoms. The molecule has 1 aliphatic carbocycles. The van der Waals surface area contributed by atoms with Crippen molar-refractivity contribution in [2.45, 2.75) is 32.2 Å². The van der Waals surface area contributed by atoms with Crippen molar-refractivity contribution in [3.05, 3.63) is 35.0 Å². The smallest absolute Gasteiger partial charge is 0.138 e. The van der Waals surface area contributed by atoms with Crippen LogP contribution in [-0.4, -0.2) is 26.0 Å². The van der Waals surface area contributed by atoms with Crippen molar-refractivity contribution in [3.8, 4) is 0 Å². The molecule has 1 aliphatic rings. The van der Waals surface area contributed by atoms with Gasteiger partial charge in [-0.1, -0.05) is 0 Å². The summed E-state index contributed by atoms with van der Waals surface area (Å²) in [7, 11) is 0. The van der Waals surface area contributed by atoms with Gasteiger partial charge in [-0.15, -0.1) is 11.3 Å². The molecular formula is C14H15N5S. The van der Waals surface area contributed by atoms with Gasteiger partial charge in [-0.05, 0) is 30.7 Å². The first-order valence-electron chi connectivity index (χ1n) is 6.77. The third-order valence-corrected chi connectivity index (χ3v) is 4.89. The lowest BCUT2D eigenvalue weighted by Gasteiger charge is -2.23. The molecule has 3 aromatic heterocycles. The molecule has 0 aromatic carbocycles. The van der Waals surface area contributed by atoms with Gasteiger partial charge in [-0.3, -0.25) is 0 Å². The maximum Gasteiger partial charge on any atom is 0.138 e. The van der Waals surface area contributed by atoms with E-state index in [9.17, 15) is 0 Å². The van der Waals surface area contributed by atoms with Crippen LogP contribution in [0.3, 0.4) is 0 Å². The number of rotatable bonds is 2. The normalized spacial score (nSPS) is 18.1. The van der Waals surface area contributed by atoms with Gasteiger partial charge in [-0.25, -0.2) is 15.0 Å². The average molecular weight is 285 g/mol. The number of aromatic nitrogens is 4. The highest BCUT2D eigenvalue weighted by atomic mass is 32.1. The Balaban J connectivity index is 1.64. The first kappa shape index (κ1) is 11.8. The second kappa shape index (κ2) is 4.56. The fourth-order valence-electron chi connectivity index (χ4n) is 2.84. The molecule has 0 bridgehead atoms. The summed E-state index contributed by atoms with van der Waals surface area (Å²) in [6.45, 7) is 2.11. The van der Waals surface area contributed by atoms with E-state index >= 15 is 0 Å². The molecule has 0 amide bonds. The predicted octanol–water partition coefficient (Wildman–Crippen LogP) is 2.69. The van der Waals surface area contributed by atoms with E-state index in [1.54, 1.807) is 24.0 Å². The molecule has 2 N–H and O–H groups in total. The van der Waals surface area contributed by atoms with E-state index in [2.05, 4.69) is 37.6 Å². The van der Waals surface area contributed by atoms with E-state index in [0.717, 1.165) is 35.3 Å². The quantitative estimate of drug-likeness (QED) is 0.759. The molecule has 0 spiro atoms. The third-order valence-electron chi connectivity index (χ3n) is 3.88. The highest BCUT2D eigenvalue weighted by molar-refractivity contribution is 7.17. The van der Waals surface area contributed by atoms with Crippen molar-refractivity contribution in [1.29, 1.82) is 0 Å². The third kappa shape index (κ3) is 1.87. The van der Waals surface area contributed by atoms with Crippen LogP contribution in [0.4, 0.5) is 5.82 Å². The second-order valence-corrected chi connectivity index (χ2v) is 6.09. The number of hydrogen-bond acceptors (Lipinski definition) is 5. The minimum atomic E-state index is 0.403. The number of H-pyrrole nitrogens is 1. The monoisotopic (exact) mass is 285 g/mol. The number of nitrogens with one attached hydrogen (secondary N) is 2.